The van der Waals surface area contributed by atoms with Crippen molar-refractivity contribution in [3.05, 3.63) is 71.9 Å². The first-order chi connectivity index (χ1) is 13.6. The monoisotopic (exact) mass is 377 g/mol. The van der Waals surface area contributed by atoms with Crippen molar-refractivity contribution in [3.63, 3.8) is 0 Å². The van der Waals surface area contributed by atoms with E-state index in [0.717, 1.165) is 53.0 Å². The van der Waals surface area contributed by atoms with Crippen LogP contribution in [-0.4, -0.2) is 34.9 Å². The van der Waals surface area contributed by atoms with Gasteiger partial charge in [-0.05, 0) is 72.9 Å². The Bertz CT molecular complexity index is 934. The number of ether oxygens (including phenoxy) is 1. The zero-order valence-corrected chi connectivity index (χ0v) is 15.8. The Morgan fingerprint density at radius 2 is 1.68 bits per heavy atom. The predicted molar refractivity (Wildman–Crippen MR) is 109 cm³/mol. The molecule has 0 amide bonds. The number of rotatable bonds is 8. The Morgan fingerprint density at radius 1 is 1.00 bits per heavy atom. The van der Waals surface area contributed by atoms with Crippen molar-refractivity contribution in [2.24, 2.45) is 0 Å². The molecule has 3 aromatic rings. The first kappa shape index (κ1) is 19.6. The molecule has 2 N–H and O–H groups in total. The van der Waals surface area contributed by atoms with Gasteiger partial charge in [-0.2, -0.15) is 0 Å². The van der Waals surface area contributed by atoms with E-state index in [1.165, 1.54) is 0 Å². The maximum atomic E-state index is 11.2. The van der Waals surface area contributed by atoms with Gasteiger partial charge in [-0.3, -0.25) is 4.98 Å². The second-order valence-electron chi connectivity index (χ2n) is 6.53. The molecule has 0 spiro atoms. The number of aliphatic hydroxyl groups is 1. The lowest BCUT2D eigenvalue weighted by Gasteiger charge is -2.12. The van der Waals surface area contributed by atoms with E-state index in [1.807, 2.05) is 42.6 Å². The first-order valence-corrected chi connectivity index (χ1v) is 9.20. The Morgan fingerprint density at radius 3 is 2.29 bits per heavy atom. The van der Waals surface area contributed by atoms with Gasteiger partial charge in [0.25, 0.3) is 0 Å². The van der Waals surface area contributed by atoms with Crippen molar-refractivity contribution in [3.8, 4) is 28.1 Å². The molecule has 0 saturated heterocycles. The highest BCUT2D eigenvalue weighted by molar-refractivity contribution is 5.89. The Kier molecular flexibility index (Phi) is 6.40. The molecule has 0 atom stereocenters. The summed E-state index contributed by atoms with van der Waals surface area (Å²) in [6.45, 7) is 0.181. The van der Waals surface area contributed by atoms with E-state index in [0.29, 0.717) is 0 Å². The average molecular weight is 377 g/mol. The Balaban J connectivity index is 2.03. The van der Waals surface area contributed by atoms with Crippen LogP contribution in [0.25, 0.3) is 22.4 Å². The maximum Gasteiger partial charge on any atom is 0.335 e. The van der Waals surface area contributed by atoms with Crippen LogP contribution in [0.4, 0.5) is 0 Å². The fraction of sp³-hybridized carbons (Fsp3) is 0.217. The Hall–Kier alpha value is -3.18. The highest BCUT2D eigenvalue weighted by atomic mass is 16.5. The van der Waals surface area contributed by atoms with Gasteiger partial charge in [0.15, 0.2) is 0 Å². The summed E-state index contributed by atoms with van der Waals surface area (Å²) in [7, 11) is 1.63. The minimum absolute atomic E-state index is 0.181. The van der Waals surface area contributed by atoms with Crippen LogP contribution in [0, 0.1) is 0 Å². The number of hydrogen-bond donors (Lipinski definition) is 2. The summed E-state index contributed by atoms with van der Waals surface area (Å²) >= 11 is 0. The minimum atomic E-state index is -0.946. The number of carboxylic acids is 1. The molecule has 0 aliphatic carbocycles. The lowest BCUT2D eigenvalue weighted by molar-refractivity contribution is 0.0697. The van der Waals surface area contributed by atoms with Crippen LogP contribution in [0.15, 0.2) is 60.8 Å². The molecule has 0 radical (unpaired) electrons. The standard InChI is InChI=1S/C23H23NO4/c1-28-20-11-9-18(10-12-20)22-21(14-16(15-24-22)4-2-3-13-25)17-5-7-19(8-6-17)23(26)27/h5-12,14-15,25H,2-4,13H2,1H3,(H,26,27). The normalized spacial score (nSPS) is 10.6. The van der Waals surface area contributed by atoms with E-state index < -0.39 is 5.97 Å². The van der Waals surface area contributed by atoms with Crippen LogP contribution in [0.5, 0.6) is 5.75 Å². The van der Waals surface area contributed by atoms with E-state index in [2.05, 4.69) is 6.07 Å². The highest BCUT2D eigenvalue weighted by Gasteiger charge is 2.12. The van der Waals surface area contributed by atoms with Gasteiger partial charge in [-0.1, -0.05) is 12.1 Å². The summed E-state index contributed by atoms with van der Waals surface area (Å²) in [5, 5.41) is 18.2. The van der Waals surface area contributed by atoms with Gasteiger partial charge in [0.1, 0.15) is 5.75 Å². The molecule has 0 fully saturated rings. The number of aryl methyl sites for hydroxylation is 1. The fourth-order valence-electron chi connectivity index (χ4n) is 3.08. The van der Waals surface area contributed by atoms with Gasteiger partial charge in [-0.15, -0.1) is 0 Å². The third-order valence-electron chi connectivity index (χ3n) is 4.62. The number of methoxy groups -OCH3 is 1. The summed E-state index contributed by atoms with van der Waals surface area (Å²) in [4.78, 5) is 15.9. The molecule has 0 aliphatic rings. The first-order valence-electron chi connectivity index (χ1n) is 9.20. The van der Waals surface area contributed by atoms with Crippen molar-refractivity contribution >= 4 is 5.97 Å². The van der Waals surface area contributed by atoms with Crippen LogP contribution in [0.1, 0.15) is 28.8 Å². The number of nitrogens with zero attached hydrogens (tertiary/aromatic N) is 1. The molecular formula is C23H23NO4. The number of aromatic nitrogens is 1. The molecule has 0 bridgehead atoms. The van der Waals surface area contributed by atoms with Crippen LogP contribution in [0.2, 0.25) is 0 Å². The molecule has 0 aliphatic heterocycles. The number of carbonyl (C=O) groups is 1. The quantitative estimate of drug-likeness (QED) is 0.568. The smallest absolute Gasteiger partial charge is 0.335 e. The lowest BCUT2D eigenvalue weighted by atomic mass is 9.96. The summed E-state index contributed by atoms with van der Waals surface area (Å²) in [5.41, 5.74) is 4.98. The third kappa shape index (κ3) is 4.56. The zero-order valence-electron chi connectivity index (χ0n) is 15.8. The predicted octanol–water partition coefficient (Wildman–Crippen LogP) is 4.44. The van der Waals surface area contributed by atoms with E-state index >= 15 is 0 Å². The van der Waals surface area contributed by atoms with Crippen LogP contribution < -0.4 is 4.74 Å². The molecule has 5 heteroatoms. The van der Waals surface area contributed by atoms with E-state index in [-0.39, 0.29) is 12.2 Å². The maximum absolute atomic E-state index is 11.2. The molecule has 1 aromatic heterocycles. The van der Waals surface area contributed by atoms with Gasteiger partial charge in [-0.25, -0.2) is 4.79 Å². The minimum Gasteiger partial charge on any atom is -0.497 e. The highest BCUT2D eigenvalue weighted by Crippen LogP contribution is 2.32. The van der Waals surface area contributed by atoms with Crippen molar-refractivity contribution in [1.82, 2.24) is 4.98 Å². The average Bonchev–Trinajstić information content (AvgIpc) is 2.74. The van der Waals surface area contributed by atoms with Gasteiger partial charge in [0.05, 0.1) is 18.4 Å². The van der Waals surface area contributed by atoms with Crippen LogP contribution >= 0.6 is 0 Å². The van der Waals surface area contributed by atoms with Crippen molar-refractivity contribution in [2.75, 3.05) is 13.7 Å². The van der Waals surface area contributed by atoms with E-state index in [1.54, 1.807) is 19.2 Å². The van der Waals surface area contributed by atoms with E-state index in [9.17, 15) is 4.79 Å². The number of aromatic carboxylic acids is 1. The molecular weight excluding hydrogens is 354 g/mol. The number of hydrogen-bond acceptors (Lipinski definition) is 4. The van der Waals surface area contributed by atoms with Gasteiger partial charge < -0.3 is 14.9 Å². The molecule has 2 aromatic carbocycles. The number of carboxylic acid groups (broad SMARTS) is 1. The molecule has 0 saturated carbocycles. The number of benzene rings is 2. The van der Waals surface area contributed by atoms with Crippen molar-refractivity contribution in [1.29, 1.82) is 0 Å². The van der Waals surface area contributed by atoms with Gasteiger partial charge in [0, 0.05) is 23.9 Å². The van der Waals surface area contributed by atoms with Crippen molar-refractivity contribution < 1.29 is 19.7 Å². The fourth-order valence-corrected chi connectivity index (χ4v) is 3.08. The lowest BCUT2D eigenvalue weighted by Crippen LogP contribution is -1.97. The summed E-state index contributed by atoms with van der Waals surface area (Å²) in [6.07, 6.45) is 4.34. The van der Waals surface area contributed by atoms with Crippen LogP contribution in [-0.2, 0) is 6.42 Å². The van der Waals surface area contributed by atoms with E-state index in [4.69, 9.17) is 19.9 Å². The summed E-state index contributed by atoms with van der Waals surface area (Å²) < 4.78 is 5.23. The molecule has 0 unspecified atom stereocenters. The summed E-state index contributed by atoms with van der Waals surface area (Å²) in [5.74, 6) is -0.172. The number of unbranched alkanes of at least 4 members (excludes halogenated alkanes) is 1. The third-order valence-corrected chi connectivity index (χ3v) is 4.62. The van der Waals surface area contributed by atoms with Gasteiger partial charge >= 0.3 is 5.97 Å². The SMILES string of the molecule is COc1ccc(-c2ncc(CCCCO)cc2-c2ccc(C(=O)O)cc2)cc1. The zero-order chi connectivity index (χ0) is 19.9. The molecule has 5 nitrogen and oxygen atoms in total. The van der Waals surface area contributed by atoms with Crippen molar-refractivity contribution in [2.45, 2.75) is 19.3 Å². The largest absolute Gasteiger partial charge is 0.497 e. The summed E-state index contributed by atoms with van der Waals surface area (Å²) in [6, 6.07) is 16.6. The topological polar surface area (TPSA) is 79.7 Å². The molecule has 1 heterocycles. The second kappa shape index (κ2) is 9.15. The molecule has 3 rings (SSSR count). The number of pyridine rings is 1. The molecule has 144 valence electrons. The van der Waals surface area contributed by atoms with Crippen LogP contribution in [0.3, 0.4) is 0 Å². The number of aliphatic hydroxyl groups excluding tert-OH is 1. The van der Waals surface area contributed by atoms with Gasteiger partial charge in [0.2, 0.25) is 0 Å². The molecule has 28 heavy (non-hydrogen) atoms. The second-order valence-corrected chi connectivity index (χ2v) is 6.53. The Labute approximate surface area is 164 Å².